The Morgan fingerprint density at radius 2 is 1.71 bits per heavy atom. The number of carboxylic acid groups (broad SMARTS) is 1. The van der Waals surface area contributed by atoms with Crippen LogP contribution in [0.25, 0.3) is 0 Å². The first kappa shape index (κ1) is 15.7. The van der Waals surface area contributed by atoms with Crippen LogP contribution in [-0.2, 0) is 14.3 Å². The van der Waals surface area contributed by atoms with Crippen molar-refractivity contribution in [3.63, 3.8) is 0 Å². The molecule has 0 bridgehead atoms. The monoisotopic (exact) mass is 248 g/mol. The van der Waals surface area contributed by atoms with Crippen molar-refractivity contribution < 1.29 is 28.7 Å². The standard InChI is InChI=1S/C11H21NO5/c1-8(2)16-11(15)17-9(6-10(13)14)7-12(3,4)5/h8-9H,6-7H2,1-5H3/p+1/t9-/m0/s1. The minimum absolute atomic E-state index is 0.220. The fourth-order valence-corrected chi connectivity index (χ4v) is 1.31. The van der Waals surface area contributed by atoms with Crippen LogP contribution in [0, 0.1) is 0 Å². The van der Waals surface area contributed by atoms with E-state index in [9.17, 15) is 9.59 Å². The van der Waals surface area contributed by atoms with Gasteiger partial charge in [-0.05, 0) is 13.8 Å². The van der Waals surface area contributed by atoms with E-state index >= 15 is 0 Å². The fourth-order valence-electron chi connectivity index (χ4n) is 1.31. The molecule has 0 saturated heterocycles. The Bertz CT molecular complexity index is 270. The van der Waals surface area contributed by atoms with Gasteiger partial charge >= 0.3 is 12.1 Å². The van der Waals surface area contributed by atoms with E-state index in [-0.39, 0.29) is 12.5 Å². The molecule has 0 fully saturated rings. The molecule has 0 aromatic carbocycles. The third kappa shape index (κ3) is 9.62. The van der Waals surface area contributed by atoms with Crippen LogP contribution in [0.2, 0.25) is 0 Å². The predicted molar refractivity (Wildman–Crippen MR) is 61.6 cm³/mol. The van der Waals surface area contributed by atoms with Gasteiger partial charge < -0.3 is 19.1 Å². The maximum Gasteiger partial charge on any atom is 0.509 e. The summed E-state index contributed by atoms with van der Waals surface area (Å²) in [5, 5.41) is 8.74. The van der Waals surface area contributed by atoms with Crippen molar-refractivity contribution in [2.45, 2.75) is 32.5 Å². The smallest absolute Gasteiger partial charge is 0.481 e. The van der Waals surface area contributed by atoms with Crippen LogP contribution in [0.4, 0.5) is 4.79 Å². The van der Waals surface area contributed by atoms with E-state index < -0.39 is 18.2 Å². The number of hydrogen-bond acceptors (Lipinski definition) is 4. The summed E-state index contributed by atoms with van der Waals surface area (Å²) in [6.45, 7) is 3.82. The van der Waals surface area contributed by atoms with E-state index in [0.717, 1.165) is 0 Å². The molecular formula is C11H22NO5+. The molecule has 17 heavy (non-hydrogen) atoms. The number of aliphatic carboxylic acids is 1. The summed E-state index contributed by atoms with van der Waals surface area (Å²) < 4.78 is 10.3. The number of ether oxygens (including phenoxy) is 2. The van der Waals surface area contributed by atoms with Crippen molar-refractivity contribution in [2.75, 3.05) is 27.7 Å². The Kier molecular flexibility index (Phi) is 5.95. The molecule has 0 spiro atoms. The lowest BCUT2D eigenvalue weighted by molar-refractivity contribution is -0.873. The Morgan fingerprint density at radius 1 is 1.18 bits per heavy atom. The largest absolute Gasteiger partial charge is 0.509 e. The highest BCUT2D eigenvalue weighted by Crippen LogP contribution is 2.07. The van der Waals surface area contributed by atoms with Gasteiger partial charge in [0.2, 0.25) is 0 Å². The Hall–Kier alpha value is -1.30. The van der Waals surface area contributed by atoms with Gasteiger partial charge in [0.1, 0.15) is 6.54 Å². The first-order valence-electron chi connectivity index (χ1n) is 5.49. The first-order chi connectivity index (χ1) is 7.60. The van der Waals surface area contributed by atoms with Gasteiger partial charge in [0.05, 0.1) is 33.7 Å². The number of nitrogens with zero attached hydrogens (tertiary/aromatic N) is 1. The quantitative estimate of drug-likeness (QED) is 0.563. The third-order valence-corrected chi connectivity index (χ3v) is 1.75. The van der Waals surface area contributed by atoms with Crippen molar-refractivity contribution in [2.24, 2.45) is 0 Å². The number of likely N-dealkylation sites (N-methyl/N-ethyl adjacent to an activating group) is 1. The molecule has 1 atom stereocenters. The lowest BCUT2D eigenvalue weighted by Gasteiger charge is -2.28. The summed E-state index contributed by atoms with van der Waals surface area (Å²) in [7, 11) is 5.68. The molecule has 0 heterocycles. The molecule has 0 aromatic heterocycles. The summed E-state index contributed by atoms with van der Waals surface area (Å²) in [5.74, 6) is -0.999. The van der Waals surface area contributed by atoms with E-state index in [4.69, 9.17) is 14.6 Å². The van der Waals surface area contributed by atoms with Crippen LogP contribution < -0.4 is 0 Å². The molecule has 0 rings (SSSR count). The van der Waals surface area contributed by atoms with Gasteiger partial charge in [0, 0.05) is 0 Å². The summed E-state index contributed by atoms with van der Waals surface area (Å²) in [6.07, 6.45) is -2.00. The molecular weight excluding hydrogens is 226 g/mol. The van der Waals surface area contributed by atoms with E-state index in [1.165, 1.54) is 0 Å². The second-order valence-corrected chi connectivity index (χ2v) is 5.23. The van der Waals surface area contributed by atoms with Gasteiger partial charge in [-0.15, -0.1) is 0 Å². The zero-order valence-electron chi connectivity index (χ0n) is 11.1. The Labute approximate surface area is 102 Å². The number of carboxylic acids is 1. The lowest BCUT2D eigenvalue weighted by Crippen LogP contribution is -2.44. The van der Waals surface area contributed by atoms with Gasteiger partial charge in [-0.25, -0.2) is 4.79 Å². The molecule has 0 aliphatic heterocycles. The van der Waals surface area contributed by atoms with Crippen molar-refractivity contribution in [3.8, 4) is 0 Å². The van der Waals surface area contributed by atoms with Crippen LogP contribution in [0.3, 0.4) is 0 Å². The van der Waals surface area contributed by atoms with Crippen molar-refractivity contribution in [3.05, 3.63) is 0 Å². The van der Waals surface area contributed by atoms with Gasteiger partial charge in [0.15, 0.2) is 6.10 Å². The van der Waals surface area contributed by atoms with Crippen LogP contribution in [-0.4, -0.2) is 61.6 Å². The molecule has 6 nitrogen and oxygen atoms in total. The molecule has 0 aliphatic rings. The van der Waals surface area contributed by atoms with E-state index in [0.29, 0.717) is 11.0 Å². The average Bonchev–Trinajstić information content (AvgIpc) is 1.95. The number of carbonyl (C=O) groups is 2. The highest BCUT2D eigenvalue weighted by molar-refractivity contribution is 5.68. The molecule has 0 unspecified atom stereocenters. The highest BCUT2D eigenvalue weighted by atomic mass is 16.7. The Morgan fingerprint density at radius 3 is 2.06 bits per heavy atom. The lowest BCUT2D eigenvalue weighted by atomic mass is 10.2. The minimum atomic E-state index is -0.999. The molecule has 0 radical (unpaired) electrons. The van der Waals surface area contributed by atoms with Crippen LogP contribution in [0.1, 0.15) is 20.3 Å². The third-order valence-electron chi connectivity index (χ3n) is 1.75. The maximum atomic E-state index is 11.3. The summed E-state index contributed by atoms with van der Waals surface area (Å²) >= 11 is 0. The van der Waals surface area contributed by atoms with Crippen molar-refractivity contribution >= 4 is 12.1 Å². The molecule has 0 amide bonds. The zero-order chi connectivity index (χ0) is 13.6. The van der Waals surface area contributed by atoms with Crippen LogP contribution >= 0.6 is 0 Å². The molecule has 100 valence electrons. The first-order valence-corrected chi connectivity index (χ1v) is 5.49. The van der Waals surface area contributed by atoms with Gasteiger partial charge in [-0.2, -0.15) is 0 Å². The molecule has 0 saturated carbocycles. The Balaban J connectivity index is 4.38. The van der Waals surface area contributed by atoms with Crippen molar-refractivity contribution in [1.29, 1.82) is 0 Å². The van der Waals surface area contributed by atoms with Gasteiger partial charge in [-0.1, -0.05) is 0 Å². The molecule has 6 heteroatoms. The fraction of sp³-hybridized carbons (Fsp3) is 0.818. The van der Waals surface area contributed by atoms with E-state index in [2.05, 4.69) is 0 Å². The second-order valence-electron chi connectivity index (χ2n) is 5.23. The zero-order valence-corrected chi connectivity index (χ0v) is 11.1. The van der Waals surface area contributed by atoms with Gasteiger partial charge in [0.25, 0.3) is 0 Å². The normalized spacial score (nSPS) is 13.3. The predicted octanol–water partition coefficient (Wildman–Crippen LogP) is 1.10. The molecule has 0 aliphatic carbocycles. The number of quaternary nitrogens is 1. The van der Waals surface area contributed by atoms with Gasteiger partial charge in [-0.3, -0.25) is 4.79 Å². The van der Waals surface area contributed by atoms with Crippen LogP contribution in [0.15, 0.2) is 0 Å². The highest BCUT2D eigenvalue weighted by Gasteiger charge is 2.25. The molecule has 1 N–H and O–H groups in total. The summed E-state index contributed by atoms with van der Waals surface area (Å²) in [5.41, 5.74) is 0. The summed E-state index contributed by atoms with van der Waals surface area (Å²) in [4.78, 5) is 21.9. The number of carbonyl (C=O) groups excluding carboxylic acids is 1. The number of hydrogen-bond donors (Lipinski definition) is 1. The van der Waals surface area contributed by atoms with E-state index in [1.807, 2.05) is 21.1 Å². The average molecular weight is 248 g/mol. The molecule has 0 aromatic rings. The summed E-state index contributed by atoms with van der Waals surface area (Å²) in [6, 6.07) is 0. The topological polar surface area (TPSA) is 72.8 Å². The van der Waals surface area contributed by atoms with Crippen LogP contribution in [0.5, 0.6) is 0 Å². The van der Waals surface area contributed by atoms with Crippen molar-refractivity contribution in [1.82, 2.24) is 0 Å². The minimum Gasteiger partial charge on any atom is -0.481 e. The number of rotatable bonds is 6. The maximum absolute atomic E-state index is 11.3. The second kappa shape index (κ2) is 6.44. The SMILES string of the molecule is CC(C)OC(=O)O[C@@H](CC(=O)O)C[N+](C)(C)C. The van der Waals surface area contributed by atoms with E-state index in [1.54, 1.807) is 13.8 Å².